The van der Waals surface area contributed by atoms with Crippen LogP contribution in [0.2, 0.25) is 5.02 Å². The highest BCUT2D eigenvalue weighted by Crippen LogP contribution is 2.25. The van der Waals surface area contributed by atoms with Gasteiger partial charge in [0.1, 0.15) is 10.8 Å². The van der Waals surface area contributed by atoms with E-state index in [-0.39, 0.29) is 23.6 Å². The second-order valence-electron chi connectivity index (χ2n) is 5.46. The number of nitrogens with zero attached hydrogens (tertiary/aromatic N) is 1. The highest BCUT2D eigenvalue weighted by Gasteiger charge is 2.29. The number of hydrogen-bond donors (Lipinski definition) is 2. The number of nitrogens with two attached hydrogens (primary N) is 1. The monoisotopic (exact) mass is 417 g/mol. The largest absolute Gasteiger partial charge is 0.493 e. The van der Waals surface area contributed by atoms with Gasteiger partial charge in [-0.05, 0) is 30.3 Å². The van der Waals surface area contributed by atoms with Crippen molar-refractivity contribution in [3.05, 3.63) is 47.1 Å². The lowest BCUT2D eigenvalue weighted by Crippen LogP contribution is -2.20. The van der Waals surface area contributed by atoms with Crippen molar-refractivity contribution < 1.29 is 32.2 Å². The van der Waals surface area contributed by atoms with Crippen LogP contribution in [0.15, 0.2) is 36.5 Å². The van der Waals surface area contributed by atoms with Gasteiger partial charge in [0.05, 0.1) is 18.6 Å². The van der Waals surface area contributed by atoms with Crippen LogP contribution in [-0.2, 0) is 4.79 Å². The van der Waals surface area contributed by atoms with Crippen molar-refractivity contribution in [2.24, 2.45) is 5.73 Å². The summed E-state index contributed by atoms with van der Waals surface area (Å²) < 4.78 is 46.3. The van der Waals surface area contributed by atoms with Gasteiger partial charge in [-0.2, -0.15) is 13.2 Å². The fourth-order valence-corrected chi connectivity index (χ4v) is 2.13. The van der Waals surface area contributed by atoms with Gasteiger partial charge >= 0.3 is 6.18 Å². The molecule has 3 N–H and O–H groups in total. The molecule has 150 valence electrons. The summed E-state index contributed by atoms with van der Waals surface area (Å²) in [7, 11) is 0. The van der Waals surface area contributed by atoms with Crippen LogP contribution in [0.3, 0.4) is 0 Å². The lowest BCUT2D eigenvalue weighted by atomic mass is 10.2. The number of aromatic nitrogens is 1. The fraction of sp³-hybridized carbons (Fsp3) is 0.235. The number of halogens is 4. The maximum atomic E-state index is 12.2. The first kappa shape index (κ1) is 21.3. The standard InChI is InChI=1S/C17H15ClF3N3O4/c18-13-7-10(8-23-16(13)28-9-17(19,20)21)15(26)24-11-1-3-12(4-2-11)27-6-5-14(22)25/h1-4,7-8H,5-6,9H2,(H2,22,25)(H,24,26). The van der Waals surface area contributed by atoms with Crippen molar-refractivity contribution in [3.8, 4) is 11.6 Å². The molecule has 0 aliphatic rings. The number of benzene rings is 1. The third kappa shape index (κ3) is 6.95. The molecule has 0 bridgehead atoms. The highest BCUT2D eigenvalue weighted by atomic mass is 35.5. The number of carbonyl (C=O) groups excluding carboxylic acids is 2. The molecule has 0 atom stereocenters. The minimum absolute atomic E-state index is 0.0335. The summed E-state index contributed by atoms with van der Waals surface area (Å²) in [6, 6.07) is 7.43. The third-order valence-electron chi connectivity index (χ3n) is 3.17. The van der Waals surface area contributed by atoms with Gasteiger partial charge in [-0.3, -0.25) is 9.59 Å². The third-order valence-corrected chi connectivity index (χ3v) is 3.44. The first-order chi connectivity index (χ1) is 13.1. The van der Waals surface area contributed by atoms with Crippen molar-refractivity contribution in [2.75, 3.05) is 18.5 Å². The first-order valence-corrected chi connectivity index (χ1v) is 8.19. The lowest BCUT2D eigenvalue weighted by Gasteiger charge is -2.11. The predicted molar refractivity (Wildman–Crippen MR) is 94.5 cm³/mol. The number of ether oxygens (including phenoxy) is 2. The number of amides is 2. The zero-order valence-electron chi connectivity index (χ0n) is 14.3. The zero-order chi connectivity index (χ0) is 20.7. The van der Waals surface area contributed by atoms with Crippen LogP contribution in [0.25, 0.3) is 0 Å². The average molecular weight is 418 g/mol. The van der Waals surface area contributed by atoms with E-state index >= 15 is 0 Å². The van der Waals surface area contributed by atoms with Crippen LogP contribution >= 0.6 is 11.6 Å². The molecule has 0 spiro atoms. The minimum Gasteiger partial charge on any atom is -0.493 e. The Morgan fingerprint density at radius 2 is 1.86 bits per heavy atom. The number of pyridine rings is 1. The Bertz CT molecular complexity index is 845. The molecule has 2 amide bonds. The molecular weight excluding hydrogens is 403 g/mol. The van der Waals surface area contributed by atoms with Crippen molar-refractivity contribution in [1.29, 1.82) is 0 Å². The van der Waals surface area contributed by atoms with E-state index in [1.54, 1.807) is 24.3 Å². The summed E-state index contributed by atoms with van der Waals surface area (Å²) in [5, 5.41) is 2.35. The zero-order valence-corrected chi connectivity index (χ0v) is 15.0. The van der Waals surface area contributed by atoms with E-state index in [0.29, 0.717) is 11.4 Å². The normalized spacial score (nSPS) is 11.0. The van der Waals surface area contributed by atoms with Crippen LogP contribution in [-0.4, -0.2) is 36.2 Å². The van der Waals surface area contributed by atoms with E-state index in [0.717, 1.165) is 12.3 Å². The minimum atomic E-state index is -4.53. The Kier molecular flexibility index (Phi) is 7.05. The smallest absolute Gasteiger partial charge is 0.422 e. The Morgan fingerprint density at radius 1 is 1.18 bits per heavy atom. The van der Waals surface area contributed by atoms with Crippen molar-refractivity contribution in [3.63, 3.8) is 0 Å². The van der Waals surface area contributed by atoms with Gasteiger partial charge in [-0.25, -0.2) is 4.98 Å². The number of nitrogens with one attached hydrogen (secondary N) is 1. The molecule has 0 aliphatic carbocycles. The molecule has 11 heteroatoms. The van der Waals surface area contributed by atoms with Gasteiger partial charge in [0.2, 0.25) is 11.8 Å². The molecule has 2 aromatic rings. The summed E-state index contributed by atoms with van der Waals surface area (Å²) in [6.45, 7) is -1.41. The Hall–Kier alpha value is -3.01. The van der Waals surface area contributed by atoms with E-state index in [1.165, 1.54) is 0 Å². The predicted octanol–water partition coefficient (Wildman–Crippen LogP) is 3.18. The van der Waals surface area contributed by atoms with Gasteiger partial charge in [-0.15, -0.1) is 0 Å². The van der Waals surface area contributed by atoms with Gasteiger partial charge in [0.15, 0.2) is 6.61 Å². The Labute approximate surface area is 162 Å². The maximum Gasteiger partial charge on any atom is 0.422 e. The molecule has 0 fully saturated rings. The number of carbonyl (C=O) groups is 2. The lowest BCUT2D eigenvalue weighted by molar-refractivity contribution is -0.154. The SMILES string of the molecule is NC(=O)CCOc1ccc(NC(=O)c2cnc(OCC(F)(F)F)c(Cl)c2)cc1. The quantitative estimate of drug-likeness (QED) is 0.686. The topological polar surface area (TPSA) is 104 Å². The van der Waals surface area contributed by atoms with E-state index < -0.39 is 30.5 Å². The molecule has 1 aromatic carbocycles. The van der Waals surface area contributed by atoms with Gasteiger partial charge < -0.3 is 20.5 Å². The number of hydrogen-bond acceptors (Lipinski definition) is 5. The van der Waals surface area contributed by atoms with Crippen LogP contribution in [0, 0.1) is 0 Å². The van der Waals surface area contributed by atoms with E-state index in [4.69, 9.17) is 22.1 Å². The fourth-order valence-electron chi connectivity index (χ4n) is 1.91. The molecule has 0 saturated heterocycles. The number of rotatable bonds is 8. The summed E-state index contributed by atoms with van der Waals surface area (Å²) in [5.74, 6) is -0.992. The van der Waals surface area contributed by atoms with Crippen molar-refractivity contribution >= 4 is 29.1 Å². The molecule has 0 radical (unpaired) electrons. The number of primary amides is 1. The molecule has 28 heavy (non-hydrogen) atoms. The van der Waals surface area contributed by atoms with E-state index in [9.17, 15) is 22.8 Å². The molecule has 0 aliphatic heterocycles. The average Bonchev–Trinajstić information content (AvgIpc) is 2.61. The van der Waals surface area contributed by atoms with Gasteiger partial charge in [0, 0.05) is 11.9 Å². The summed E-state index contributed by atoms with van der Waals surface area (Å²) in [6.07, 6.45) is -3.40. The Balaban J connectivity index is 1.95. The van der Waals surface area contributed by atoms with Crippen LogP contribution in [0.4, 0.5) is 18.9 Å². The Morgan fingerprint density at radius 3 is 2.43 bits per heavy atom. The van der Waals surface area contributed by atoms with Crippen molar-refractivity contribution in [2.45, 2.75) is 12.6 Å². The molecule has 7 nitrogen and oxygen atoms in total. The van der Waals surface area contributed by atoms with Gasteiger partial charge in [-0.1, -0.05) is 11.6 Å². The van der Waals surface area contributed by atoms with Crippen LogP contribution < -0.4 is 20.5 Å². The molecular formula is C17H15ClF3N3O4. The van der Waals surface area contributed by atoms with Crippen LogP contribution in [0.1, 0.15) is 16.8 Å². The summed E-state index contributed by atoms with van der Waals surface area (Å²) >= 11 is 5.81. The molecule has 0 unspecified atom stereocenters. The number of alkyl halides is 3. The first-order valence-electron chi connectivity index (χ1n) is 7.81. The summed E-state index contributed by atoms with van der Waals surface area (Å²) in [5.41, 5.74) is 5.47. The van der Waals surface area contributed by atoms with E-state index in [1.807, 2.05) is 0 Å². The van der Waals surface area contributed by atoms with Crippen molar-refractivity contribution in [1.82, 2.24) is 4.98 Å². The maximum absolute atomic E-state index is 12.2. The molecule has 1 aromatic heterocycles. The van der Waals surface area contributed by atoms with Gasteiger partial charge in [0.25, 0.3) is 5.91 Å². The molecule has 1 heterocycles. The van der Waals surface area contributed by atoms with Crippen LogP contribution in [0.5, 0.6) is 11.6 Å². The highest BCUT2D eigenvalue weighted by molar-refractivity contribution is 6.32. The molecule has 0 saturated carbocycles. The second kappa shape index (κ2) is 9.27. The molecule has 2 rings (SSSR count). The summed E-state index contributed by atoms with van der Waals surface area (Å²) in [4.78, 5) is 26.5. The number of anilines is 1. The van der Waals surface area contributed by atoms with E-state index in [2.05, 4.69) is 15.0 Å². The second-order valence-corrected chi connectivity index (χ2v) is 5.87.